The first-order valence-corrected chi connectivity index (χ1v) is 6.11. The van der Waals surface area contributed by atoms with Gasteiger partial charge in [0.05, 0.1) is 18.9 Å². The molecule has 18 heavy (non-hydrogen) atoms. The summed E-state index contributed by atoms with van der Waals surface area (Å²) in [6.45, 7) is 3.79. The normalized spacial score (nSPS) is 19.8. The zero-order valence-electron chi connectivity index (χ0n) is 10.8. The first-order valence-electron chi connectivity index (χ1n) is 6.11. The molecule has 1 aromatic heterocycles. The molecule has 0 saturated carbocycles. The van der Waals surface area contributed by atoms with Crippen molar-refractivity contribution in [3.8, 4) is 5.75 Å². The summed E-state index contributed by atoms with van der Waals surface area (Å²) >= 11 is 0. The molecule has 0 bridgehead atoms. The molecular weight excluding hydrogens is 232 g/mol. The first-order chi connectivity index (χ1) is 8.70. The molecule has 0 aliphatic carbocycles. The molecular formula is C13H18N2O3. The van der Waals surface area contributed by atoms with E-state index in [4.69, 9.17) is 4.74 Å². The van der Waals surface area contributed by atoms with Crippen LogP contribution in [0.15, 0.2) is 18.5 Å². The summed E-state index contributed by atoms with van der Waals surface area (Å²) in [5, 5.41) is 0. The van der Waals surface area contributed by atoms with Crippen LogP contribution in [0.1, 0.15) is 30.1 Å². The van der Waals surface area contributed by atoms with Gasteiger partial charge in [-0.05, 0) is 25.8 Å². The predicted molar refractivity (Wildman–Crippen MR) is 66.5 cm³/mol. The number of rotatable bonds is 4. The zero-order valence-corrected chi connectivity index (χ0v) is 10.8. The molecule has 5 nitrogen and oxygen atoms in total. The van der Waals surface area contributed by atoms with E-state index in [1.807, 2.05) is 0 Å². The van der Waals surface area contributed by atoms with Crippen molar-refractivity contribution in [2.45, 2.75) is 25.8 Å². The standard InChI is InChI=1S/C13H18N2O3/c1-10-4-3-5-15(10)9-18-12-6-11(7-14-8-12)13(16)17-2/h6-8,10H,3-5,9H2,1-2H3/t10-/m0/s1. The number of carbonyl (C=O) groups excluding carboxylic acids is 1. The molecule has 98 valence electrons. The minimum atomic E-state index is -0.400. The molecule has 1 aliphatic heterocycles. The van der Waals surface area contributed by atoms with Crippen molar-refractivity contribution < 1.29 is 14.3 Å². The number of hydrogen-bond donors (Lipinski definition) is 0. The highest BCUT2D eigenvalue weighted by molar-refractivity contribution is 5.89. The van der Waals surface area contributed by atoms with Crippen molar-refractivity contribution in [3.05, 3.63) is 24.0 Å². The van der Waals surface area contributed by atoms with E-state index in [0.29, 0.717) is 24.1 Å². The second kappa shape index (κ2) is 5.82. The Morgan fingerprint density at radius 3 is 3.06 bits per heavy atom. The summed E-state index contributed by atoms with van der Waals surface area (Å²) in [7, 11) is 1.35. The van der Waals surface area contributed by atoms with Crippen LogP contribution in [-0.2, 0) is 4.74 Å². The van der Waals surface area contributed by atoms with Gasteiger partial charge in [-0.25, -0.2) is 4.79 Å². The van der Waals surface area contributed by atoms with Gasteiger partial charge in [0, 0.05) is 18.8 Å². The molecule has 0 spiro atoms. The molecule has 1 saturated heterocycles. The van der Waals surface area contributed by atoms with Crippen LogP contribution in [0.3, 0.4) is 0 Å². The Morgan fingerprint density at radius 2 is 2.39 bits per heavy atom. The van der Waals surface area contributed by atoms with E-state index in [0.717, 1.165) is 6.54 Å². The van der Waals surface area contributed by atoms with Gasteiger partial charge in [-0.3, -0.25) is 9.88 Å². The molecule has 5 heteroatoms. The van der Waals surface area contributed by atoms with Crippen LogP contribution in [0.4, 0.5) is 0 Å². The number of esters is 1. The van der Waals surface area contributed by atoms with Gasteiger partial charge in [-0.2, -0.15) is 0 Å². The Bertz CT molecular complexity index is 422. The summed E-state index contributed by atoms with van der Waals surface area (Å²) in [6, 6.07) is 2.21. The summed E-state index contributed by atoms with van der Waals surface area (Å²) in [6.07, 6.45) is 5.50. The molecule has 0 aromatic carbocycles. The lowest BCUT2D eigenvalue weighted by Crippen LogP contribution is -2.30. The van der Waals surface area contributed by atoms with Crippen molar-refractivity contribution in [1.29, 1.82) is 0 Å². The average molecular weight is 250 g/mol. The molecule has 1 fully saturated rings. The van der Waals surface area contributed by atoms with Crippen molar-refractivity contribution in [2.24, 2.45) is 0 Å². The summed E-state index contributed by atoms with van der Waals surface area (Å²) in [4.78, 5) is 17.6. The highest BCUT2D eigenvalue weighted by Gasteiger charge is 2.20. The Kier molecular flexibility index (Phi) is 4.15. The number of methoxy groups -OCH3 is 1. The molecule has 1 aromatic rings. The van der Waals surface area contributed by atoms with E-state index in [1.54, 1.807) is 12.3 Å². The Labute approximate surface area is 107 Å². The van der Waals surface area contributed by atoms with Crippen molar-refractivity contribution in [1.82, 2.24) is 9.88 Å². The minimum Gasteiger partial charge on any atom is -0.476 e. The van der Waals surface area contributed by atoms with E-state index in [2.05, 4.69) is 21.5 Å². The second-order valence-electron chi connectivity index (χ2n) is 4.48. The molecule has 0 N–H and O–H groups in total. The fourth-order valence-electron chi connectivity index (χ4n) is 2.07. The quantitative estimate of drug-likeness (QED) is 0.761. The molecule has 1 atom stereocenters. The monoisotopic (exact) mass is 250 g/mol. The van der Waals surface area contributed by atoms with Crippen molar-refractivity contribution >= 4 is 5.97 Å². The van der Waals surface area contributed by atoms with Crippen LogP contribution >= 0.6 is 0 Å². The molecule has 1 aliphatic rings. The maximum atomic E-state index is 11.3. The number of hydrogen-bond acceptors (Lipinski definition) is 5. The Balaban J connectivity index is 1.95. The number of nitrogens with zero attached hydrogens (tertiary/aromatic N) is 2. The minimum absolute atomic E-state index is 0.400. The topological polar surface area (TPSA) is 51.7 Å². The van der Waals surface area contributed by atoms with Gasteiger partial charge in [0.15, 0.2) is 0 Å². The molecule has 2 heterocycles. The third kappa shape index (κ3) is 2.98. The molecule has 0 unspecified atom stereocenters. The van der Waals surface area contributed by atoms with Gasteiger partial charge in [-0.1, -0.05) is 0 Å². The van der Waals surface area contributed by atoms with Crippen LogP contribution in [0.5, 0.6) is 5.75 Å². The number of pyridine rings is 1. The largest absolute Gasteiger partial charge is 0.476 e. The number of ether oxygens (including phenoxy) is 2. The predicted octanol–water partition coefficient (Wildman–Crippen LogP) is 1.69. The summed E-state index contributed by atoms with van der Waals surface area (Å²) in [5.41, 5.74) is 0.407. The van der Waals surface area contributed by atoms with Gasteiger partial charge < -0.3 is 9.47 Å². The van der Waals surface area contributed by atoms with E-state index in [-0.39, 0.29) is 0 Å². The third-order valence-electron chi connectivity index (χ3n) is 3.22. The fourth-order valence-corrected chi connectivity index (χ4v) is 2.07. The molecule has 2 rings (SSSR count). The smallest absolute Gasteiger partial charge is 0.339 e. The van der Waals surface area contributed by atoms with Crippen molar-refractivity contribution in [3.63, 3.8) is 0 Å². The molecule has 0 radical (unpaired) electrons. The maximum absolute atomic E-state index is 11.3. The number of likely N-dealkylation sites (tertiary alicyclic amines) is 1. The van der Waals surface area contributed by atoms with Gasteiger partial charge in [-0.15, -0.1) is 0 Å². The Hall–Kier alpha value is -1.62. The highest BCUT2D eigenvalue weighted by Crippen LogP contribution is 2.18. The van der Waals surface area contributed by atoms with E-state index < -0.39 is 5.97 Å². The van der Waals surface area contributed by atoms with Crippen LogP contribution in [-0.4, -0.2) is 42.3 Å². The molecule has 0 amide bonds. The lowest BCUT2D eigenvalue weighted by atomic mass is 10.2. The first kappa shape index (κ1) is 12.8. The maximum Gasteiger partial charge on any atom is 0.339 e. The fraction of sp³-hybridized carbons (Fsp3) is 0.538. The van der Waals surface area contributed by atoms with E-state index >= 15 is 0 Å². The van der Waals surface area contributed by atoms with E-state index in [9.17, 15) is 4.79 Å². The van der Waals surface area contributed by atoms with Crippen LogP contribution in [0.2, 0.25) is 0 Å². The van der Waals surface area contributed by atoms with Gasteiger partial charge in [0.25, 0.3) is 0 Å². The lowest BCUT2D eigenvalue weighted by molar-refractivity contribution is 0.0599. The van der Waals surface area contributed by atoms with Crippen LogP contribution in [0.25, 0.3) is 0 Å². The second-order valence-corrected chi connectivity index (χ2v) is 4.48. The van der Waals surface area contributed by atoms with Crippen molar-refractivity contribution in [2.75, 3.05) is 20.4 Å². The van der Waals surface area contributed by atoms with Crippen LogP contribution < -0.4 is 4.74 Å². The van der Waals surface area contributed by atoms with Gasteiger partial charge in [0.1, 0.15) is 12.5 Å². The number of carbonyl (C=O) groups is 1. The Morgan fingerprint density at radius 1 is 1.56 bits per heavy atom. The zero-order chi connectivity index (χ0) is 13.0. The SMILES string of the molecule is COC(=O)c1cncc(OCN2CCC[C@@H]2C)c1. The van der Waals surface area contributed by atoms with Gasteiger partial charge in [0.2, 0.25) is 0 Å². The number of aromatic nitrogens is 1. The average Bonchev–Trinajstić information content (AvgIpc) is 2.81. The summed E-state index contributed by atoms with van der Waals surface area (Å²) < 4.78 is 10.3. The van der Waals surface area contributed by atoms with Crippen LogP contribution in [0, 0.1) is 0 Å². The van der Waals surface area contributed by atoms with Gasteiger partial charge >= 0.3 is 5.97 Å². The van der Waals surface area contributed by atoms with E-state index in [1.165, 1.54) is 26.1 Å². The third-order valence-corrected chi connectivity index (χ3v) is 3.22. The lowest BCUT2D eigenvalue weighted by Gasteiger charge is -2.20. The highest BCUT2D eigenvalue weighted by atomic mass is 16.5. The summed E-state index contributed by atoms with van der Waals surface area (Å²) in [5.74, 6) is 0.194.